The molecule has 2 aliphatic heterocycles. The SMILES string of the molecule is O=C(NO)C1(O)CNCCC1S(=O)(=O)N1CCC(Oc2ccccn2)CC1. The number of nitrogens with zero attached hydrogens (tertiary/aromatic N) is 2. The predicted octanol–water partition coefficient (Wildman–Crippen LogP) is -1.15. The number of piperidine rings is 2. The second-order valence-electron chi connectivity index (χ2n) is 6.75. The maximum Gasteiger partial charge on any atom is 0.278 e. The van der Waals surface area contributed by atoms with Crippen LogP contribution in [-0.4, -0.2) is 77.1 Å². The van der Waals surface area contributed by atoms with Crippen LogP contribution in [0.25, 0.3) is 0 Å². The molecule has 0 aromatic carbocycles. The van der Waals surface area contributed by atoms with E-state index in [9.17, 15) is 18.3 Å². The highest BCUT2D eigenvalue weighted by Gasteiger charge is 2.54. The van der Waals surface area contributed by atoms with Crippen LogP contribution >= 0.6 is 0 Å². The van der Waals surface area contributed by atoms with Crippen molar-refractivity contribution in [3.63, 3.8) is 0 Å². The van der Waals surface area contributed by atoms with Gasteiger partial charge in [-0.15, -0.1) is 0 Å². The Morgan fingerprint density at radius 2 is 2.07 bits per heavy atom. The molecule has 2 atom stereocenters. The lowest BCUT2D eigenvalue weighted by molar-refractivity contribution is -0.150. The summed E-state index contributed by atoms with van der Waals surface area (Å²) in [5.41, 5.74) is -0.853. The van der Waals surface area contributed by atoms with Crippen LogP contribution in [0, 0.1) is 0 Å². The van der Waals surface area contributed by atoms with Crippen LogP contribution in [0.5, 0.6) is 5.88 Å². The van der Waals surface area contributed by atoms with E-state index >= 15 is 0 Å². The monoisotopic (exact) mass is 400 g/mol. The molecular formula is C16H24N4O6S. The fraction of sp³-hybridized carbons (Fsp3) is 0.625. The number of pyridine rings is 1. The fourth-order valence-corrected chi connectivity index (χ4v) is 5.73. The molecule has 27 heavy (non-hydrogen) atoms. The molecule has 1 amide bonds. The largest absolute Gasteiger partial charge is 0.474 e. The lowest BCUT2D eigenvalue weighted by Gasteiger charge is -2.41. The maximum absolute atomic E-state index is 13.1. The first-order valence-electron chi connectivity index (χ1n) is 8.82. The number of aromatic nitrogens is 1. The average Bonchev–Trinajstić information content (AvgIpc) is 2.68. The van der Waals surface area contributed by atoms with Gasteiger partial charge in [-0.1, -0.05) is 6.07 Å². The Bertz CT molecular complexity index is 753. The van der Waals surface area contributed by atoms with Gasteiger partial charge >= 0.3 is 0 Å². The number of sulfonamides is 1. The van der Waals surface area contributed by atoms with E-state index in [-0.39, 0.29) is 32.2 Å². The molecule has 0 saturated carbocycles. The molecule has 1 aromatic heterocycles. The molecule has 0 bridgehead atoms. The molecule has 3 rings (SSSR count). The zero-order chi connectivity index (χ0) is 19.5. The van der Waals surface area contributed by atoms with Crippen molar-refractivity contribution in [2.24, 2.45) is 0 Å². The third kappa shape index (κ3) is 4.06. The van der Waals surface area contributed by atoms with Crippen LogP contribution in [0.1, 0.15) is 19.3 Å². The summed E-state index contributed by atoms with van der Waals surface area (Å²) in [6.07, 6.45) is 2.49. The first-order chi connectivity index (χ1) is 12.9. The molecule has 2 saturated heterocycles. The highest BCUT2D eigenvalue weighted by molar-refractivity contribution is 7.89. The van der Waals surface area contributed by atoms with Crippen molar-refractivity contribution in [1.82, 2.24) is 20.1 Å². The van der Waals surface area contributed by atoms with Crippen LogP contribution in [0.3, 0.4) is 0 Å². The number of carbonyl (C=O) groups is 1. The molecule has 0 radical (unpaired) electrons. The first-order valence-corrected chi connectivity index (χ1v) is 10.3. The summed E-state index contributed by atoms with van der Waals surface area (Å²) in [6.45, 7) is 0.549. The minimum Gasteiger partial charge on any atom is -0.474 e. The molecule has 0 spiro atoms. The number of amides is 1. The van der Waals surface area contributed by atoms with Crippen LogP contribution in [0.4, 0.5) is 0 Å². The van der Waals surface area contributed by atoms with Gasteiger partial charge in [-0.05, 0) is 31.9 Å². The Labute approximate surface area is 157 Å². The molecule has 10 nitrogen and oxygen atoms in total. The maximum atomic E-state index is 13.1. The van der Waals surface area contributed by atoms with E-state index in [4.69, 9.17) is 9.94 Å². The fourth-order valence-electron chi connectivity index (χ4n) is 3.56. The number of hydrogen-bond donors (Lipinski definition) is 4. The Balaban J connectivity index is 1.68. The molecule has 0 aliphatic carbocycles. The molecule has 2 fully saturated rings. The van der Waals surface area contributed by atoms with Gasteiger partial charge in [-0.3, -0.25) is 10.0 Å². The van der Waals surface area contributed by atoms with Gasteiger partial charge in [0.15, 0.2) is 5.60 Å². The van der Waals surface area contributed by atoms with E-state index in [0.717, 1.165) is 0 Å². The molecule has 11 heteroatoms. The van der Waals surface area contributed by atoms with Crippen molar-refractivity contribution in [3.8, 4) is 5.88 Å². The summed E-state index contributed by atoms with van der Waals surface area (Å²) >= 11 is 0. The summed E-state index contributed by atoms with van der Waals surface area (Å²) in [7, 11) is -3.94. The third-order valence-electron chi connectivity index (χ3n) is 5.05. The molecule has 2 aliphatic rings. The van der Waals surface area contributed by atoms with Gasteiger partial charge in [0.25, 0.3) is 5.91 Å². The van der Waals surface area contributed by atoms with Crippen LogP contribution in [0.2, 0.25) is 0 Å². The zero-order valence-electron chi connectivity index (χ0n) is 14.7. The van der Waals surface area contributed by atoms with E-state index in [0.29, 0.717) is 25.3 Å². The van der Waals surface area contributed by atoms with Crippen molar-refractivity contribution in [3.05, 3.63) is 24.4 Å². The Hall–Kier alpha value is -1.79. The Morgan fingerprint density at radius 3 is 2.70 bits per heavy atom. The number of carbonyl (C=O) groups excluding carboxylic acids is 1. The molecule has 2 unspecified atom stereocenters. The van der Waals surface area contributed by atoms with Crippen molar-refractivity contribution >= 4 is 15.9 Å². The number of β-amino-alcohol motifs (C(OH)–C–C–N with tert-alkyl or cyclic N) is 1. The minimum atomic E-state index is -3.94. The average molecular weight is 400 g/mol. The van der Waals surface area contributed by atoms with Crippen LogP contribution < -0.4 is 15.5 Å². The Morgan fingerprint density at radius 1 is 1.33 bits per heavy atom. The molecule has 3 heterocycles. The molecule has 150 valence electrons. The van der Waals surface area contributed by atoms with Crippen LogP contribution in [0.15, 0.2) is 24.4 Å². The zero-order valence-corrected chi connectivity index (χ0v) is 15.6. The van der Waals surface area contributed by atoms with Gasteiger partial charge < -0.3 is 15.2 Å². The molecule has 4 N–H and O–H groups in total. The normalized spacial score (nSPS) is 27.9. The highest BCUT2D eigenvalue weighted by atomic mass is 32.2. The number of aliphatic hydroxyl groups is 1. The highest BCUT2D eigenvalue weighted by Crippen LogP contribution is 2.29. The number of ether oxygens (including phenoxy) is 1. The Kier molecular flexibility index (Phi) is 5.96. The second-order valence-corrected chi connectivity index (χ2v) is 8.86. The van der Waals surface area contributed by atoms with E-state index in [1.807, 2.05) is 6.07 Å². The van der Waals surface area contributed by atoms with Gasteiger partial charge in [-0.2, -0.15) is 0 Å². The van der Waals surface area contributed by atoms with Crippen molar-refractivity contribution < 1.29 is 28.3 Å². The summed E-state index contributed by atoms with van der Waals surface area (Å²) in [5, 5.41) is 21.0. The first kappa shape index (κ1) is 20.0. The number of nitrogens with one attached hydrogen (secondary N) is 2. The van der Waals surface area contributed by atoms with Gasteiger partial charge in [0.05, 0.1) is 0 Å². The molecule has 1 aromatic rings. The number of hydrogen-bond acceptors (Lipinski definition) is 8. The topological polar surface area (TPSA) is 141 Å². The van der Waals surface area contributed by atoms with Gasteiger partial charge in [0, 0.05) is 31.9 Å². The lowest BCUT2D eigenvalue weighted by atomic mass is 9.93. The van der Waals surface area contributed by atoms with Crippen LogP contribution in [-0.2, 0) is 14.8 Å². The predicted molar refractivity (Wildman–Crippen MR) is 94.5 cm³/mol. The molecular weight excluding hydrogens is 376 g/mol. The van der Waals surface area contributed by atoms with E-state index in [2.05, 4.69) is 10.3 Å². The number of hydroxylamine groups is 1. The summed E-state index contributed by atoms with van der Waals surface area (Å²) in [5.74, 6) is -0.636. The van der Waals surface area contributed by atoms with Crippen molar-refractivity contribution in [2.45, 2.75) is 36.2 Å². The standard InChI is InChI=1S/C16H24N4O6S/c21-15(19-23)16(22)11-17-8-4-13(16)27(24,25)20-9-5-12(6-10-20)26-14-3-1-2-7-18-14/h1-3,7,12-13,17,22-23H,4-6,8-11H2,(H,19,21). The quantitative estimate of drug-likeness (QED) is 0.359. The van der Waals surface area contributed by atoms with E-state index in [1.165, 1.54) is 9.79 Å². The van der Waals surface area contributed by atoms with Gasteiger partial charge in [-0.25, -0.2) is 23.2 Å². The smallest absolute Gasteiger partial charge is 0.278 e. The van der Waals surface area contributed by atoms with E-state index in [1.54, 1.807) is 18.3 Å². The van der Waals surface area contributed by atoms with Crippen molar-refractivity contribution in [1.29, 1.82) is 0 Å². The number of rotatable bonds is 5. The van der Waals surface area contributed by atoms with Gasteiger partial charge in [0.1, 0.15) is 11.4 Å². The summed E-state index contributed by atoms with van der Waals surface area (Å²) in [4.78, 5) is 16.0. The lowest BCUT2D eigenvalue weighted by Crippen LogP contribution is -2.67. The minimum absolute atomic E-state index is 0.0661. The van der Waals surface area contributed by atoms with Gasteiger partial charge in [0.2, 0.25) is 15.9 Å². The van der Waals surface area contributed by atoms with E-state index < -0.39 is 26.8 Å². The van der Waals surface area contributed by atoms with Crippen molar-refractivity contribution in [2.75, 3.05) is 26.2 Å². The third-order valence-corrected chi connectivity index (χ3v) is 7.48. The second kappa shape index (κ2) is 8.07. The summed E-state index contributed by atoms with van der Waals surface area (Å²) < 4.78 is 33.2. The summed E-state index contributed by atoms with van der Waals surface area (Å²) in [6, 6.07) is 5.34.